The van der Waals surface area contributed by atoms with Crippen molar-refractivity contribution in [2.45, 2.75) is 65.7 Å². The van der Waals surface area contributed by atoms with E-state index < -0.39 is 0 Å². The van der Waals surface area contributed by atoms with Crippen molar-refractivity contribution in [3.63, 3.8) is 0 Å². The molecule has 0 aliphatic heterocycles. The largest absolute Gasteiger partial charge is 0.469 e. The van der Waals surface area contributed by atoms with Gasteiger partial charge in [-0.25, -0.2) is 0 Å². The van der Waals surface area contributed by atoms with Gasteiger partial charge in [-0.2, -0.15) is 0 Å². The number of fused-ring (bicyclic) bond motifs is 1. The van der Waals surface area contributed by atoms with Crippen LogP contribution in [0.15, 0.2) is 23.8 Å². The molecule has 0 spiro atoms. The predicted molar refractivity (Wildman–Crippen MR) is 96.5 cm³/mol. The van der Waals surface area contributed by atoms with E-state index in [0.29, 0.717) is 22.8 Å². The van der Waals surface area contributed by atoms with E-state index in [9.17, 15) is 9.59 Å². The van der Waals surface area contributed by atoms with Crippen LogP contribution in [0, 0.1) is 22.7 Å². The van der Waals surface area contributed by atoms with E-state index in [1.807, 2.05) is 6.08 Å². The second-order valence-corrected chi connectivity index (χ2v) is 8.54. The van der Waals surface area contributed by atoms with E-state index >= 15 is 0 Å². The Morgan fingerprint density at radius 2 is 2.04 bits per heavy atom. The Labute approximate surface area is 146 Å². The first-order chi connectivity index (χ1) is 11.2. The van der Waals surface area contributed by atoms with Gasteiger partial charge in [-0.05, 0) is 60.3 Å². The van der Waals surface area contributed by atoms with Crippen molar-refractivity contribution in [2.75, 3.05) is 7.11 Å². The Balaban J connectivity index is 2.22. The molecule has 3 nitrogen and oxygen atoms in total. The van der Waals surface area contributed by atoms with Crippen molar-refractivity contribution < 1.29 is 14.3 Å². The summed E-state index contributed by atoms with van der Waals surface area (Å²) in [6.45, 7) is 11.6. The fourth-order valence-corrected chi connectivity index (χ4v) is 5.38. The Kier molecular flexibility index (Phi) is 5.72. The molecule has 0 heterocycles. The molecule has 3 unspecified atom stereocenters. The first kappa shape index (κ1) is 19.0. The van der Waals surface area contributed by atoms with Crippen molar-refractivity contribution in [1.29, 1.82) is 0 Å². The lowest BCUT2D eigenvalue weighted by Crippen LogP contribution is -2.49. The van der Waals surface area contributed by atoms with Gasteiger partial charge in [0, 0.05) is 0 Å². The van der Waals surface area contributed by atoms with Gasteiger partial charge >= 0.3 is 5.97 Å². The summed E-state index contributed by atoms with van der Waals surface area (Å²) in [6.07, 6.45) is 9.67. The topological polar surface area (TPSA) is 43.4 Å². The maximum absolute atomic E-state index is 11.4. The minimum atomic E-state index is -0.362. The molecular formula is C21H32O3. The molecule has 2 aliphatic rings. The molecule has 0 bridgehead atoms. The first-order valence-electron chi connectivity index (χ1n) is 9.13. The lowest BCUT2D eigenvalue weighted by Gasteiger charge is -2.58. The van der Waals surface area contributed by atoms with Gasteiger partial charge in [0.1, 0.15) is 6.29 Å². The molecule has 2 fully saturated rings. The van der Waals surface area contributed by atoms with E-state index in [-0.39, 0.29) is 17.8 Å². The second kappa shape index (κ2) is 7.25. The maximum Gasteiger partial charge on any atom is 0.310 e. The van der Waals surface area contributed by atoms with Gasteiger partial charge in [0.25, 0.3) is 0 Å². The molecule has 0 saturated heterocycles. The summed E-state index contributed by atoms with van der Waals surface area (Å²) in [4.78, 5) is 22.7. The summed E-state index contributed by atoms with van der Waals surface area (Å²) in [5.74, 6) is 0.727. The SMILES string of the molecule is C=C1CCC2C(C)(C)CCCC2(C)C1CC=C(C=O)CC(=O)OC. The van der Waals surface area contributed by atoms with E-state index in [4.69, 9.17) is 0 Å². The Morgan fingerprint density at radius 1 is 1.33 bits per heavy atom. The van der Waals surface area contributed by atoms with Crippen LogP contribution >= 0.6 is 0 Å². The smallest absolute Gasteiger partial charge is 0.310 e. The zero-order valence-electron chi connectivity index (χ0n) is 15.7. The fraction of sp³-hybridized carbons (Fsp3) is 0.714. The Morgan fingerprint density at radius 3 is 2.67 bits per heavy atom. The van der Waals surface area contributed by atoms with E-state index in [2.05, 4.69) is 32.1 Å². The number of esters is 1. The highest BCUT2D eigenvalue weighted by atomic mass is 16.5. The number of carbonyl (C=O) groups excluding carboxylic acids is 2. The zero-order valence-corrected chi connectivity index (χ0v) is 15.7. The Bertz CT molecular complexity index is 543. The average molecular weight is 332 g/mol. The Hall–Kier alpha value is -1.38. The molecular weight excluding hydrogens is 300 g/mol. The highest BCUT2D eigenvalue weighted by molar-refractivity contribution is 5.84. The number of aldehydes is 1. The summed E-state index contributed by atoms with van der Waals surface area (Å²) in [5, 5.41) is 0. The van der Waals surface area contributed by atoms with Crippen LogP contribution in [-0.2, 0) is 14.3 Å². The third-order valence-electron chi connectivity index (χ3n) is 6.66. The van der Waals surface area contributed by atoms with Crippen molar-refractivity contribution in [1.82, 2.24) is 0 Å². The monoisotopic (exact) mass is 332 g/mol. The van der Waals surface area contributed by atoms with Gasteiger partial charge in [-0.3, -0.25) is 9.59 Å². The first-order valence-corrected chi connectivity index (χ1v) is 9.13. The van der Waals surface area contributed by atoms with Crippen LogP contribution in [0.5, 0.6) is 0 Å². The molecule has 2 rings (SSSR count). The molecule has 0 N–H and O–H groups in total. The molecule has 2 aliphatic carbocycles. The summed E-state index contributed by atoms with van der Waals surface area (Å²) in [7, 11) is 1.35. The fourth-order valence-electron chi connectivity index (χ4n) is 5.38. The summed E-state index contributed by atoms with van der Waals surface area (Å²) in [6, 6.07) is 0. The summed E-state index contributed by atoms with van der Waals surface area (Å²) >= 11 is 0. The second-order valence-electron chi connectivity index (χ2n) is 8.54. The van der Waals surface area contributed by atoms with Crippen molar-refractivity contribution >= 4 is 12.3 Å². The highest BCUT2D eigenvalue weighted by Gasteiger charge is 2.52. The van der Waals surface area contributed by atoms with Gasteiger partial charge in [-0.15, -0.1) is 0 Å². The molecule has 0 radical (unpaired) electrons. The van der Waals surface area contributed by atoms with Crippen LogP contribution in [0.25, 0.3) is 0 Å². The van der Waals surface area contributed by atoms with Gasteiger partial charge in [0.2, 0.25) is 0 Å². The van der Waals surface area contributed by atoms with Crippen LogP contribution in [0.1, 0.15) is 65.7 Å². The lowest BCUT2D eigenvalue weighted by molar-refractivity contribution is -0.140. The lowest BCUT2D eigenvalue weighted by atomic mass is 9.47. The summed E-state index contributed by atoms with van der Waals surface area (Å²) in [5.41, 5.74) is 2.45. The number of methoxy groups -OCH3 is 1. The molecule has 3 atom stereocenters. The van der Waals surface area contributed by atoms with Gasteiger partial charge in [-0.1, -0.05) is 45.4 Å². The molecule has 2 saturated carbocycles. The van der Waals surface area contributed by atoms with Crippen LogP contribution in [0.3, 0.4) is 0 Å². The summed E-state index contributed by atoms with van der Waals surface area (Å²) < 4.78 is 4.67. The van der Waals surface area contributed by atoms with E-state index in [1.54, 1.807) is 0 Å². The standard InChI is InChI=1S/C21H32O3/c1-15-7-10-18-20(2,3)11-6-12-21(18,4)17(15)9-8-16(14-22)13-19(23)24-5/h8,14,17-18H,1,6-7,9-13H2,2-5H3. The molecule has 0 aromatic rings. The molecule has 0 aromatic heterocycles. The number of carbonyl (C=O) groups is 2. The van der Waals surface area contributed by atoms with Crippen molar-refractivity contribution in [2.24, 2.45) is 22.7 Å². The zero-order chi connectivity index (χ0) is 18.0. The van der Waals surface area contributed by atoms with E-state index in [0.717, 1.165) is 19.1 Å². The maximum atomic E-state index is 11.4. The van der Waals surface area contributed by atoms with Crippen molar-refractivity contribution in [3.05, 3.63) is 23.8 Å². The van der Waals surface area contributed by atoms with Crippen LogP contribution in [0.4, 0.5) is 0 Å². The quantitative estimate of drug-likeness (QED) is 0.312. The third kappa shape index (κ3) is 3.65. The predicted octanol–water partition coefficient (Wildman–Crippen LogP) is 4.86. The van der Waals surface area contributed by atoms with Crippen LogP contribution < -0.4 is 0 Å². The minimum absolute atomic E-state index is 0.0603. The van der Waals surface area contributed by atoms with Crippen LogP contribution in [0.2, 0.25) is 0 Å². The minimum Gasteiger partial charge on any atom is -0.469 e. The van der Waals surface area contributed by atoms with E-state index in [1.165, 1.54) is 38.4 Å². The number of allylic oxidation sites excluding steroid dienone is 2. The molecule has 24 heavy (non-hydrogen) atoms. The van der Waals surface area contributed by atoms with Gasteiger partial charge in [0.15, 0.2) is 0 Å². The number of hydrogen-bond donors (Lipinski definition) is 0. The average Bonchev–Trinajstić information content (AvgIpc) is 2.51. The molecule has 134 valence electrons. The molecule has 0 amide bonds. The van der Waals surface area contributed by atoms with Crippen LogP contribution in [-0.4, -0.2) is 19.4 Å². The normalized spacial score (nSPS) is 32.8. The van der Waals surface area contributed by atoms with Gasteiger partial charge in [0.05, 0.1) is 13.5 Å². The van der Waals surface area contributed by atoms with Crippen molar-refractivity contribution in [3.8, 4) is 0 Å². The molecule has 0 aromatic carbocycles. The highest BCUT2D eigenvalue weighted by Crippen LogP contribution is 2.61. The number of rotatable bonds is 5. The van der Waals surface area contributed by atoms with Gasteiger partial charge < -0.3 is 4.74 Å². The number of ether oxygens (including phenoxy) is 1. The number of hydrogen-bond acceptors (Lipinski definition) is 3. The third-order valence-corrected chi connectivity index (χ3v) is 6.66. The molecule has 3 heteroatoms.